The maximum atomic E-state index is 8.74. The Morgan fingerprint density at radius 2 is 2.22 bits per heavy atom. The fourth-order valence-corrected chi connectivity index (χ4v) is 1.75. The summed E-state index contributed by atoms with van der Waals surface area (Å²) >= 11 is 0. The van der Waals surface area contributed by atoms with Crippen LogP contribution in [0.4, 0.5) is 0 Å². The Hall–Kier alpha value is -1.59. The van der Waals surface area contributed by atoms with Crippen LogP contribution in [0.1, 0.15) is 24.5 Å². The van der Waals surface area contributed by atoms with Gasteiger partial charge in [-0.2, -0.15) is 0 Å². The van der Waals surface area contributed by atoms with E-state index in [-0.39, 0.29) is 5.84 Å². The van der Waals surface area contributed by atoms with E-state index in [4.69, 9.17) is 15.7 Å². The third-order valence-corrected chi connectivity index (χ3v) is 2.84. The van der Waals surface area contributed by atoms with Crippen molar-refractivity contribution in [1.29, 1.82) is 0 Å². The Balaban J connectivity index is 2.72. The molecule has 0 amide bonds. The van der Waals surface area contributed by atoms with Gasteiger partial charge in [-0.1, -0.05) is 36.3 Å². The molecule has 18 heavy (non-hydrogen) atoms. The lowest BCUT2D eigenvalue weighted by Gasteiger charge is -2.17. The average Bonchev–Trinajstić information content (AvgIpc) is 2.43. The lowest BCUT2D eigenvalue weighted by atomic mass is 10.1. The van der Waals surface area contributed by atoms with Crippen molar-refractivity contribution in [1.82, 2.24) is 5.32 Å². The molecule has 0 saturated heterocycles. The zero-order valence-corrected chi connectivity index (χ0v) is 10.9. The number of nitrogens with zero attached hydrogens (tertiary/aromatic N) is 1. The molecular weight excluding hydrogens is 230 g/mol. The summed E-state index contributed by atoms with van der Waals surface area (Å²) in [5.41, 5.74) is 7.39. The Bertz CT molecular complexity index is 394. The van der Waals surface area contributed by atoms with Gasteiger partial charge >= 0.3 is 0 Å². The first-order valence-corrected chi connectivity index (χ1v) is 6.01. The first kappa shape index (κ1) is 14.5. The van der Waals surface area contributed by atoms with E-state index in [2.05, 4.69) is 17.4 Å². The third kappa shape index (κ3) is 4.01. The molecule has 0 aliphatic heterocycles. The summed E-state index contributed by atoms with van der Waals surface area (Å²) in [5.74, 6) is 0.132. The van der Waals surface area contributed by atoms with E-state index >= 15 is 0 Å². The van der Waals surface area contributed by atoms with Gasteiger partial charge in [0.05, 0.1) is 6.61 Å². The molecule has 0 radical (unpaired) electrons. The summed E-state index contributed by atoms with van der Waals surface area (Å²) in [6.45, 7) is 3.43. The highest BCUT2D eigenvalue weighted by atomic mass is 16.5. The molecule has 0 fully saturated rings. The standard InChI is InChI=1S/C13H21N3O2/c1-3-11(9-18-2)15-8-10-6-4-5-7-12(10)13(14)16-17/h4-7,11,15,17H,3,8-9H2,1-2H3,(H2,14,16). The largest absolute Gasteiger partial charge is 0.409 e. The zero-order valence-electron chi connectivity index (χ0n) is 10.9. The minimum Gasteiger partial charge on any atom is -0.409 e. The third-order valence-electron chi connectivity index (χ3n) is 2.84. The number of nitrogens with two attached hydrogens (primary N) is 1. The van der Waals surface area contributed by atoms with Crippen LogP contribution in [0.5, 0.6) is 0 Å². The summed E-state index contributed by atoms with van der Waals surface area (Å²) in [6.07, 6.45) is 0.986. The minimum atomic E-state index is 0.132. The predicted molar refractivity (Wildman–Crippen MR) is 71.7 cm³/mol. The Morgan fingerprint density at radius 3 is 2.83 bits per heavy atom. The van der Waals surface area contributed by atoms with Gasteiger partial charge in [-0.15, -0.1) is 0 Å². The summed E-state index contributed by atoms with van der Waals surface area (Å²) in [5, 5.41) is 15.2. The van der Waals surface area contributed by atoms with Crippen LogP contribution in [0.25, 0.3) is 0 Å². The number of hydrogen-bond acceptors (Lipinski definition) is 4. The molecule has 1 atom stereocenters. The Morgan fingerprint density at radius 1 is 1.50 bits per heavy atom. The quantitative estimate of drug-likeness (QED) is 0.295. The van der Waals surface area contributed by atoms with Gasteiger partial charge in [0, 0.05) is 25.3 Å². The number of oxime groups is 1. The smallest absolute Gasteiger partial charge is 0.170 e. The van der Waals surface area contributed by atoms with Crippen molar-refractivity contribution in [2.45, 2.75) is 25.9 Å². The van der Waals surface area contributed by atoms with Crippen LogP contribution in [0.3, 0.4) is 0 Å². The van der Waals surface area contributed by atoms with Gasteiger partial charge in [0.15, 0.2) is 5.84 Å². The number of ether oxygens (including phenoxy) is 1. The van der Waals surface area contributed by atoms with Crippen molar-refractivity contribution in [3.63, 3.8) is 0 Å². The van der Waals surface area contributed by atoms with E-state index in [0.717, 1.165) is 17.5 Å². The fourth-order valence-electron chi connectivity index (χ4n) is 1.75. The monoisotopic (exact) mass is 251 g/mol. The second-order valence-corrected chi connectivity index (χ2v) is 4.08. The molecule has 0 aliphatic rings. The van der Waals surface area contributed by atoms with Crippen molar-refractivity contribution >= 4 is 5.84 Å². The number of methoxy groups -OCH3 is 1. The van der Waals surface area contributed by atoms with Gasteiger partial charge in [0.25, 0.3) is 0 Å². The first-order chi connectivity index (χ1) is 8.72. The normalized spacial score (nSPS) is 13.6. The SMILES string of the molecule is CCC(COC)NCc1ccccc1C(N)=NO. The average molecular weight is 251 g/mol. The van der Waals surface area contributed by atoms with Crippen LogP contribution in [0.15, 0.2) is 29.4 Å². The molecule has 1 unspecified atom stereocenters. The molecule has 5 nitrogen and oxygen atoms in total. The van der Waals surface area contributed by atoms with Gasteiger partial charge in [-0.05, 0) is 12.0 Å². The number of rotatable bonds is 7. The topological polar surface area (TPSA) is 79.9 Å². The summed E-state index contributed by atoms with van der Waals surface area (Å²) in [4.78, 5) is 0. The van der Waals surface area contributed by atoms with Crippen LogP contribution in [0.2, 0.25) is 0 Å². The molecule has 4 N–H and O–H groups in total. The summed E-state index contributed by atoms with van der Waals surface area (Å²) in [7, 11) is 1.69. The van der Waals surface area contributed by atoms with Gasteiger partial charge in [0.1, 0.15) is 0 Å². The highest BCUT2D eigenvalue weighted by Gasteiger charge is 2.09. The van der Waals surface area contributed by atoms with E-state index < -0.39 is 0 Å². The van der Waals surface area contributed by atoms with Crippen molar-refractivity contribution in [2.24, 2.45) is 10.9 Å². The molecule has 100 valence electrons. The molecule has 1 aromatic rings. The van der Waals surface area contributed by atoms with E-state index in [1.807, 2.05) is 24.3 Å². The molecular formula is C13H21N3O2. The van der Waals surface area contributed by atoms with E-state index in [9.17, 15) is 0 Å². The molecule has 5 heteroatoms. The molecule has 1 aromatic carbocycles. The number of benzene rings is 1. The number of nitrogens with one attached hydrogen (secondary N) is 1. The van der Waals surface area contributed by atoms with Crippen LogP contribution in [0, 0.1) is 0 Å². The molecule has 0 heterocycles. The molecule has 0 bridgehead atoms. The molecule has 0 aliphatic carbocycles. The zero-order chi connectivity index (χ0) is 13.4. The van der Waals surface area contributed by atoms with Crippen molar-refractivity contribution in [3.05, 3.63) is 35.4 Å². The van der Waals surface area contributed by atoms with Crippen LogP contribution in [-0.4, -0.2) is 30.8 Å². The Labute approximate surface area is 108 Å². The maximum absolute atomic E-state index is 8.74. The van der Waals surface area contributed by atoms with Crippen LogP contribution in [-0.2, 0) is 11.3 Å². The second-order valence-electron chi connectivity index (χ2n) is 4.08. The van der Waals surface area contributed by atoms with Crippen LogP contribution < -0.4 is 11.1 Å². The number of hydrogen-bond donors (Lipinski definition) is 3. The van der Waals surface area contributed by atoms with E-state index in [1.165, 1.54) is 0 Å². The highest BCUT2D eigenvalue weighted by molar-refractivity contribution is 5.98. The molecule has 1 rings (SSSR count). The van der Waals surface area contributed by atoms with Gasteiger partial charge in [0.2, 0.25) is 0 Å². The van der Waals surface area contributed by atoms with Crippen molar-refractivity contribution in [2.75, 3.05) is 13.7 Å². The minimum absolute atomic E-state index is 0.132. The van der Waals surface area contributed by atoms with Crippen molar-refractivity contribution in [3.8, 4) is 0 Å². The van der Waals surface area contributed by atoms with Gasteiger partial charge < -0.3 is 21.0 Å². The summed E-state index contributed by atoms with van der Waals surface area (Å²) in [6, 6.07) is 7.89. The first-order valence-electron chi connectivity index (χ1n) is 6.01. The van der Waals surface area contributed by atoms with Crippen molar-refractivity contribution < 1.29 is 9.94 Å². The van der Waals surface area contributed by atoms with Crippen LogP contribution >= 0.6 is 0 Å². The van der Waals surface area contributed by atoms with Gasteiger partial charge in [-0.3, -0.25) is 0 Å². The van der Waals surface area contributed by atoms with Gasteiger partial charge in [-0.25, -0.2) is 0 Å². The lowest BCUT2D eigenvalue weighted by molar-refractivity contribution is 0.164. The predicted octanol–water partition coefficient (Wildman–Crippen LogP) is 1.30. The second kappa shape index (κ2) is 7.68. The van der Waals surface area contributed by atoms with E-state index in [0.29, 0.717) is 19.2 Å². The maximum Gasteiger partial charge on any atom is 0.170 e. The molecule has 0 aromatic heterocycles. The highest BCUT2D eigenvalue weighted by Crippen LogP contribution is 2.09. The molecule has 0 spiro atoms. The lowest BCUT2D eigenvalue weighted by Crippen LogP contribution is -2.32. The Kier molecular flexibility index (Phi) is 6.18. The van der Waals surface area contributed by atoms with E-state index in [1.54, 1.807) is 7.11 Å². The number of amidine groups is 1. The summed E-state index contributed by atoms with van der Waals surface area (Å²) < 4.78 is 5.13. The molecule has 0 saturated carbocycles. The fraction of sp³-hybridized carbons (Fsp3) is 0.462.